The molecule has 60 valence electrons. The lowest BCUT2D eigenvalue weighted by Gasteiger charge is -2.04. The largest absolute Gasteiger partial charge is 0.394 e. The Bertz CT molecular complexity index is 109. The van der Waals surface area contributed by atoms with Gasteiger partial charge in [-0.05, 0) is 0 Å². The Morgan fingerprint density at radius 3 is 2.80 bits per heavy atom. The minimum Gasteiger partial charge on any atom is -0.394 e. The van der Waals surface area contributed by atoms with E-state index in [9.17, 15) is 9.18 Å². The predicted molar refractivity (Wildman–Crippen MR) is 31.7 cm³/mol. The van der Waals surface area contributed by atoms with Gasteiger partial charge in [0.15, 0.2) is 0 Å². The molecule has 4 nitrogen and oxygen atoms in total. The lowest BCUT2D eigenvalue weighted by atomic mass is 10.4. The van der Waals surface area contributed by atoms with Crippen molar-refractivity contribution in [3.8, 4) is 0 Å². The molecule has 0 fully saturated rings. The number of alkyl halides is 1. The molecular formula is C5H10FNO3. The number of nitrogens with two attached hydrogens (primary N) is 1. The summed E-state index contributed by atoms with van der Waals surface area (Å²) in [5.41, 5.74) is 4.64. The summed E-state index contributed by atoms with van der Waals surface area (Å²) >= 11 is 0. The van der Waals surface area contributed by atoms with Crippen LogP contribution >= 0.6 is 0 Å². The van der Waals surface area contributed by atoms with Gasteiger partial charge < -0.3 is 15.6 Å². The van der Waals surface area contributed by atoms with Crippen molar-refractivity contribution < 1.29 is 19.0 Å². The fourth-order valence-corrected chi connectivity index (χ4v) is 0.398. The zero-order valence-electron chi connectivity index (χ0n) is 5.42. The molecule has 0 saturated heterocycles. The second-order valence-corrected chi connectivity index (χ2v) is 1.67. The maximum Gasteiger partial charge on any atom is 0.222 e. The first-order valence-electron chi connectivity index (χ1n) is 2.81. The number of carbonyl (C=O) groups is 1. The maximum atomic E-state index is 12.2. The molecule has 0 aromatic heterocycles. The van der Waals surface area contributed by atoms with E-state index in [1.165, 1.54) is 0 Å². The van der Waals surface area contributed by atoms with Crippen molar-refractivity contribution in [3.63, 3.8) is 0 Å². The summed E-state index contributed by atoms with van der Waals surface area (Å²) in [5, 5.41) is 8.14. The van der Waals surface area contributed by atoms with E-state index >= 15 is 0 Å². The number of halogens is 1. The second kappa shape index (κ2) is 5.13. The molecule has 1 amide bonds. The molecule has 0 aromatic carbocycles. The molecule has 0 aliphatic carbocycles. The zero-order chi connectivity index (χ0) is 7.98. The molecular weight excluding hydrogens is 141 g/mol. The van der Waals surface area contributed by atoms with Gasteiger partial charge in [-0.1, -0.05) is 0 Å². The van der Waals surface area contributed by atoms with E-state index in [0.29, 0.717) is 0 Å². The lowest BCUT2D eigenvalue weighted by Crippen LogP contribution is -2.20. The third-order valence-corrected chi connectivity index (χ3v) is 0.752. The Balaban J connectivity index is 3.25. The van der Waals surface area contributed by atoms with Crippen LogP contribution in [0.4, 0.5) is 4.39 Å². The van der Waals surface area contributed by atoms with Gasteiger partial charge in [0, 0.05) is 0 Å². The van der Waals surface area contributed by atoms with Crippen LogP contribution in [0.2, 0.25) is 0 Å². The van der Waals surface area contributed by atoms with E-state index in [1.807, 2.05) is 0 Å². The van der Waals surface area contributed by atoms with Gasteiger partial charge in [0.05, 0.1) is 19.6 Å². The molecule has 0 saturated carbocycles. The topological polar surface area (TPSA) is 72.6 Å². The quantitative estimate of drug-likeness (QED) is 0.538. The van der Waals surface area contributed by atoms with E-state index in [4.69, 9.17) is 5.11 Å². The number of hydrogen-bond acceptors (Lipinski definition) is 3. The minimum atomic E-state index is -1.69. The minimum absolute atomic E-state index is 0.117. The van der Waals surface area contributed by atoms with Crippen molar-refractivity contribution in [3.05, 3.63) is 0 Å². The standard InChI is InChI=1S/C5H10FNO3/c6-4(3-5(7)9)10-2-1-8/h4,8H,1-3H2,(H2,7,9). The van der Waals surface area contributed by atoms with Crippen LogP contribution in [0.5, 0.6) is 0 Å². The predicted octanol–water partition coefficient (Wildman–Crippen LogP) is -0.834. The third kappa shape index (κ3) is 5.46. The van der Waals surface area contributed by atoms with E-state index in [1.54, 1.807) is 0 Å². The Morgan fingerprint density at radius 2 is 2.40 bits per heavy atom. The summed E-state index contributed by atoms with van der Waals surface area (Å²) in [5.74, 6) is -0.759. The summed E-state index contributed by atoms with van der Waals surface area (Å²) < 4.78 is 16.5. The van der Waals surface area contributed by atoms with Gasteiger partial charge in [-0.25, -0.2) is 4.39 Å². The molecule has 0 bridgehead atoms. The Morgan fingerprint density at radius 1 is 1.80 bits per heavy atom. The van der Waals surface area contributed by atoms with Crippen molar-refractivity contribution in [1.29, 1.82) is 0 Å². The van der Waals surface area contributed by atoms with Crippen molar-refractivity contribution in [2.45, 2.75) is 12.8 Å². The number of primary amides is 1. The highest BCUT2D eigenvalue weighted by Gasteiger charge is 2.08. The average Bonchev–Trinajstić information content (AvgIpc) is 1.82. The highest BCUT2D eigenvalue weighted by Crippen LogP contribution is 1.97. The fraction of sp³-hybridized carbons (Fsp3) is 0.800. The van der Waals surface area contributed by atoms with E-state index < -0.39 is 18.7 Å². The SMILES string of the molecule is NC(=O)CC(F)OCCO. The van der Waals surface area contributed by atoms with Crippen LogP contribution in [0.25, 0.3) is 0 Å². The van der Waals surface area contributed by atoms with Crippen molar-refractivity contribution in [1.82, 2.24) is 0 Å². The van der Waals surface area contributed by atoms with Crippen molar-refractivity contribution >= 4 is 5.91 Å². The molecule has 0 spiro atoms. The number of hydrogen-bond donors (Lipinski definition) is 2. The summed E-state index contributed by atoms with van der Waals surface area (Å²) in [6, 6.07) is 0. The lowest BCUT2D eigenvalue weighted by molar-refractivity contribution is -0.126. The highest BCUT2D eigenvalue weighted by molar-refractivity contribution is 5.74. The number of aliphatic hydroxyl groups excluding tert-OH is 1. The van der Waals surface area contributed by atoms with E-state index in [-0.39, 0.29) is 13.2 Å². The first kappa shape index (κ1) is 9.32. The van der Waals surface area contributed by atoms with Crippen LogP contribution in [-0.4, -0.2) is 30.6 Å². The number of carbonyl (C=O) groups excluding carboxylic acids is 1. The Labute approximate surface area is 57.8 Å². The molecule has 0 heterocycles. The third-order valence-electron chi connectivity index (χ3n) is 0.752. The molecule has 0 radical (unpaired) electrons. The molecule has 10 heavy (non-hydrogen) atoms. The normalized spacial score (nSPS) is 13.0. The first-order valence-corrected chi connectivity index (χ1v) is 2.81. The van der Waals surface area contributed by atoms with Crippen LogP contribution < -0.4 is 5.73 Å². The maximum absolute atomic E-state index is 12.2. The monoisotopic (exact) mass is 151 g/mol. The number of aliphatic hydroxyl groups is 1. The van der Waals surface area contributed by atoms with E-state index in [0.717, 1.165) is 0 Å². The van der Waals surface area contributed by atoms with Gasteiger partial charge in [-0.2, -0.15) is 0 Å². The molecule has 0 aromatic rings. The fourth-order valence-electron chi connectivity index (χ4n) is 0.398. The van der Waals surface area contributed by atoms with Crippen molar-refractivity contribution in [2.75, 3.05) is 13.2 Å². The van der Waals surface area contributed by atoms with Gasteiger partial charge in [-0.3, -0.25) is 4.79 Å². The molecule has 1 unspecified atom stereocenters. The van der Waals surface area contributed by atoms with Crippen LogP contribution in [0.1, 0.15) is 6.42 Å². The highest BCUT2D eigenvalue weighted by atomic mass is 19.1. The number of amides is 1. The van der Waals surface area contributed by atoms with Gasteiger partial charge in [0.25, 0.3) is 0 Å². The first-order chi connectivity index (χ1) is 4.66. The summed E-state index contributed by atoms with van der Waals surface area (Å²) in [6.07, 6.45) is -2.15. The molecule has 0 rings (SSSR count). The molecule has 1 atom stereocenters. The van der Waals surface area contributed by atoms with Gasteiger partial charge in [0.1, 0.15) is 0 Å². The van der Waals surface area contributed by atoms with Crippen LogP contribution in [0.3, 0.4) is 0 Å². The van der Waals surface area contributed by atoms with Crippen LogP contribution in [0, 0.1) is 0 Å². The summed E-state index contributed by atoms with van der Waals surface area (Å²) in [4.78, 5) is 10.0. The van der Waals surface area contributed by atoms with Crippen molar-refractivity contribution in [2.24, 2.45) is 5.73 Å². The molecule has 5 heteroatoms. The average molecular weight is 151 g/mol. The number of ether oxygens (including phenoxy) is 1. The Hall–Kier alpha value is -0.680. The van der Waals surface area contributed by atoms with Gasteiger partial charge >= 0.3 is 0 Å². The van der Waals surface area contributed by atoms with Gasteiger partial charge in [0.2, 0.25) is 12.3 Å². The summed E-state index contributed by atoms with van der Waals surface area (Å²) in [6.45, 7) is -0.381. The molecule has 3 N–H and O–H groups in total. The number of rotatable bonds is 5. The molecule has 0 aliphatic rings. The second-order valence-electron chi connectivity index (χ2n) is 1.67. The molecule has 0 aliphatic heterocycles. The zero-order valence-corrected chi connectivity index (χ0v) is 5.42. The summed E-state index contributed by atoms with van der Waals surface area (Å²) in [7, 11) is 0. The van der Waals surface area contributed by atoms with Gasteiger partial charge in [-0.15, -0.1) is 0 Å². The van der Waals surface area contributed by atoms with E-state index in [2.05, 4.69) is 10.5 Å². The van der Waals surface area contributed by atoms with Crippen LogP contribution in [0.15, 0.2) is 0 Å². The Kier molecular flexibility index (Phi) is 4.78. The smallest absolute Gasteiger partial charge is 0.222 e. The van der Waals surface area contributed by atoms with Crippen LogP contribution in [-0.2, 0) is 9.53 Å².